The molecular weight excluding hydrogens is 387 g/mol. The van der Waals surface area contributed by atoms with Gasteiger partial charge in [-0.3, -0.25) is 9.69 Å². The molecule has 9 heteroatoms. The zero-order valence-corrected chi connectivity index (χ0v) is 16.2. The Labute approximate surface area is 167 Å². The Morgan fingerprint density at radius 1 is 1.17 bits per heavy atom. The number of carbonyl (C=O) groups excluding carboxylic acids is 1. The van der Waals surface area contributed by atoms with Gasteiger partial charge < -0.3 is 14.7 Å². The summed E-state index contributed by atoms with van der Waals surface area (Å²) in [5.74, 6) is 0.349. The summed E-state index contributed by atoms with van der Waals surface area (Å²) in [7, 11) is 0. The van der Waals surface area contributed by atoms with E-state index in [0.29, 0.717) is 44.7 Å². The second-order valence-corrected chi connectivity index (χ2v) is 8.43. The predicted molar refractivity (Wildman–Crippen MR) is 99.3 cm³/mol. The van der Waals surface area contributed by atoms with Crippen molar-refractivity contribution in [1.29, 1.82) is 0 Å². The number of alkyl halides is 3. The van der Waals surface area contributed by atoms with Gasteiger partial charge in [-0.15, -0.1) is 0 Å². The molecule has 1 N–H and O–H groups in total. The average Bonchev–Trinajstić information content (AvgIpc) is 2.98. The lowest BCUT2D eigenvalue weighted by Gasteiger charge is -2.37. The molecule has 3 saturated heterocycles. The number of hydrogen-bond donors (Lipinski definition) is 1. The van der Waals surface area contributed by atoms with Crippen molar-refractivity contribution in [2.75, 3.05) is 37.6 Å². The summed E-state index contributed by atoms with van der Waals surface area (Å²) >= 11 is 0. The van der Waals surface area contributed by atoms with E-state index in [4.69, 9.17) is 4.74 Å². The van der Waals surface area contributed by atoms with Crippen LogP contribution in [0.4, 0.5) is 19.0 Å². The molecule has 0 aromatic carbocycles. The molecule has 1 unspecified atom stereocenters. The number of pyridine rings is 1. The summed E-state index contributed by atoms with van der Waals surface area (Å²) in [5, 5.41) is 9.62. The van der Waals surface area contributed by atoms with Gasteiger partial charge in [-0.05, 0) is 37.8 Å². The van der Waals surface area contributed by atoms with Gasteiger partial charge in [-0.1, -0.05) is 0 Å². The molecule has 0 aliphatic carbocycles. The van der Waals surface area contributed by atoms with Gasteiger partial charge in [0.2, 0.25) is 0 Å². The number of piperidine rings is 2. The summed E-state index contributed by atoms with van der Waals surface area (Å²) in [6.45, 7) is 3.46. The number of aromatic nitrogens is 1. The fourth-order valence-corrected chi connectivity index (χ4v) is 4.64. The molecule has 1 aromatic rings. The Balaban J connectivity index is 1.33. The van der Waals surface area contributed by atoms with Crippen LogP contribution in [-0.2, 0) is 15.7 Å². The second kappa shape index (κ2) is 7.75. The molecule has 1 atom stereocenters. The molecule has 1 aromatic heterocycles. The average molecular weight is 413 g/mol. The Morgan fingerprint density at radius 2 is 1.86 bits per heavy atom. The van der Waals surface area contributed by atoms with Gasteiger partial charge >= 0.3 is 12.1 Å². The van der Waals surface area contributed by atoms with Gasteiger partial charge in [0.25, 0.3) is 0 Å². The van der Waals surface area contributed by atoms with Gasteiger partial charge in [0, 0.05) is 45.3 Å². The predicted octanol–water partition coefficient (Wildman–Crippen LogP) is 2.46. The largest absolute Gasteiger partial charge is 0.461 e. The Bertz CT molecular complexity index is 725. The zero-order valence-electron chi connectivity index (χ0n) is 16.2. The molecule has 0 bridgehead atoms. The number of hydrogen-bond acceptors (Lipinski definition) is 6. The van der Waals surface area contributed by atoms with E-state index >= 15 is 0 Å². The first-order valence-electron chi connectivity index (χ1n) is 10.1. The van der Waals surface area contributed by atoms with E-state index in [2.05, 4.69) is 9.88 Å². The van der Waals surface area contributed by atoms with Crippen LogP contribution < -0.4 is 4.90 Å². The van der Waals surface area contributed by atoms with Gasteiger partial charge in [-0.25, -0.2) is 4.98 Å². The molecule has 4 heterocycles. The highest BCUT2D eigenvalue weighted by Crippen LogP contribution is 2.44. The fourth-order valence-electron chi connectivity index (χ4n) is 4.64. The number of aliphatic hydroxyl groups excluding tert-OH is 1. The highest BCUT2D eigenvalue weighted by molar-refractivity contribution is 5.79. The monoisotopic (exact) mass is 413 g/mol. The van der Waals surface area contributed by atoms with Crippen LogP contribution in [0.5, 0.6) is 0 Å². The lowest BCUT2D eigenvalue weighted by molar-refractivity contribution is -0.150. The third kappa shape index (κ3) is 4.35. The maximum atomic E-state index is 12.7. The van der Waals surface area contributed by atoms with Crippen LogP contribution in [0.2, 0.25) is 0 Å². The van der Waals surface area contributed by atoms with E-state index in [-0.39, 0.29) is 18.2 Å². The molecule has 1 spiro atoms. The molecule has 3 fully saturated rings. The summed E-state index contributed by atoms with van der Waals surface area (Å²) < 4.78 is 43.8. The molecule has 6 nitrogen and oxygen atoms in total. The summed E-state index contributed by atoms with van der Waals surface area (Å²) in [6.07, 6.45) is -0.490. The van der Waals surface area contributed by atoms with Crippen molar-refractivity contribution in [3.05, 3.63) is 23.9 Å². The van der Waals surface area contributed by atoms with Crippen LogP contribution in [0.3, 0.4) is 0 Å². The topological polar surface area (TPSA) is 65.9 Å². The molecule has 0 radical (unpaired) electrons. The Kier molecular flexibility index (Phi) is 5.46. The first-order chi connectivity index (χ1) is 13.7. The summed E-state index contributed by atoms with van der Waals surface area (Å²) in [4.78, 5) is 20.7. The van der Waals surface area contributed by atoms with E-state index in [9.17, 15) is 23.1 Å². The number of nitrogens with zero attached hydrogens (tertiary/aromatic N) is 3. The van der Waals surface area contributed by atoms with Gasteiger partial charge in [0.15, 0.2) is 0 Å². The number of ether oxygens (including phenoxy) is 1. The Hall–Kier alpha value is -1.87. The van der Waals surface area contributed by atoms with E-state index < -0.39 is 17.2 Å². The first-order valence-corrected chi connectivity index (χ1v) is 10.1. The summed E-state index contributed by atoms with van der Waals surface area (Å²) in [6, 6.07) is 2.43. The number of esters is 1. The normalized spacial score (nSPS) is 26.1. The first kappa shape index (κ1) is 20.4. The lowest BCUT2D eigenvalue weighted by atomic mass is 9.76. The van der Waals surface area contributed by atoms with E-state index in [1.165, 1.54) is 6.07 Å². The minimum Gasteiger partial charge on any atom is -0.461 e. The van der Waals surface area contributed by atoms with Crippen molar-refractivity contribution in [3.8, 4) is 0 Å². The number of carbonyl (C=O) groups is 1. The molecule has 4 rings (SSSR count). The van der Waals surface area contributed by atoms with Gasteiger partial charge in [0.05, 0.1) is 17.1 Å². The minimum atomic E-state index is -4.40. The number of rotatable bonds is 3. The number of anilines is 1. The Morgan fingerprint density at radius 3 is 2.45 bits per heavy atom. The second-order valence-electron chi connectivity index (χ2n) is 8.43. The number of halogens is 3. The van der Waals surface area contributed by atoms with Crippen LogP contribution >= 0.6 is 0 Å². The maximum absolute atomic E-state index is 12.7. The lowest BCUT2D eigenvalue weighted by Crippen LogP contribution is -2.43. The molecule has 3 aliphatic heterocycles. The smallest absolute Gasteiger partial charge is 0.417 e. The van der Waals surface area contributed by atoms with Crippen LogP contribution in [0, 0.1) is 5.41 Å². The minimum absolute atomic E-state index is 0.131. The highest BCUT2D eigenvalue weighted by atomic mass is 19.4. The maximum Gasteiger partial charge on any atom is 0.417 e. The highest BCUT2D eigenvalue weighted by Gasteiger charge is 2.50. The van der Waals surface area contributed by atoms with Crippen LogP contribution in [0.25, 0.3) is 0 Å². The van der Waals surface area contributed by atoms with E-state index in [1.54, 1.807) is 0 Å². The van der Waals surface area contributed by atoms with Crippen molar-refractivity contribution in [3.63, 3.8) is 0 Å². The van der Waals surface area contributed by atoms with Crippen LogP contribution in [0.1, 0.15) is 37.7 Å². The molecule has 160 valence electrons. The number of cyclic esters (lactones) is 1. The van der Waals surface area contributed by atoms with Crippen LogP contribution in [-0.4, -0.2) is 65.9 Å². The molecule has 3 aliphatic rings. The quantitative estimate of drug-likeness (QED) is 0.768. The number of likely N-dealkylation sites (tertiary alicyclic amines) is 1. The van der Waals surface area contributed by atoms with Crippen LogP contribution in [0.15, 0.2) is 18.3 Å². The SMILES string of the molecule is O=C1OC(CN2CCC(O)CC2)CC12CCN(c1ccc(C(F)(F)F)cn1)CC2. The van der Waals surface area contributed by atoms with Crippen molar-refractivity contribution in [1.82, 2.24) is 9.88 Å². The van der Waals surface area contributed by atoms with Crippen molar-refractivity contribution in [2.24, 2.45) is 5.41 Å². The molecule has 0 amide bonds. The fraction of sp³-hybridized carbons (Fsp3) is 0.700. The van der Waals surface area contributed by atoms with Crippen molar-refractivity contribution >= 4 is 11.8 Å². The van der Waals surface area contributed by atoms with E-state index in [1.807, 2.05) is 4.90 Å². The van der Waals surface area contributed by atoms with Crippen molar-refractivity contribution < 1.29 is 27.8 Å². The molecular formula is C20H26F3N3O3. The zero-order chi connectivity index (χ0) is 20.6. The third-order valence-corrected chi connectivity index (χ3v) is 6.46. The van der Waals surface area contributed by atoms with E-state index in [0.717, 1.165) is 38.2 Å². The van der Waals surface area contributed by atoms with Gasteiger partial charge in [0.1, 0.15) is 11.9 Å². The van der Waals surface area contributed by atoms with Gasteiger partial charge in [-0.2, -0.15) is 13.2 Å². The number of aliphatic hydroxyl groups is 1. The third-order valence-electron chi connectivity index (χ3n) is 6.46. The van der Waals surface area contributed by atoms with Crippen molar-refractivity contribution in [2.45, 2.75) is 50.5 Å². The standard InChI is InChI=1S/C20H26F3N3O3/c21-20(22,23)14-1-2-17(24-12-14)26-9-5-19(6-10-26)11-16(29-18(19)28)13-25-7-3-15(27)4-8-25/h1-2,12,15-16,27H,3-11,13H2. The molecule has 0 saturated carbocycles. The summed E-state index contributed by atoms with van der Waals surface area (Å²) in [5.41, 5.74) is -1.26. The molecule has 29 heavy (non-hydrogen) atoms.